The summed E-state index contributed by atoms with van der Waals surface area (Å²) >= 11 is 1.81. The fraction of sp³-hybridized carbons (Fsp3) is 0.733. The van der Waals surface area contributed by atoms with Crippen LogP contribution < -0.4 is 4.72 Å². The standard InChI is InChI=1S/C15H26N2O2S2/c1-2-3-11-21(18,19)16-12-14-6-8-17(9-7-14)13-15-5-4-10-20-15/h4-5,10,14,16H,2-3,6-9,11-13H2,1H3. The van der Waals surface area contributed by atoms with Gasteiger partial charge in [0.1, 0.15) is 0 Å². The van der Waals surface area contributed by atoms with E-state index in [-0.39, 0.29) is 5.75 Å². The van der Waals surface area contributed by atoms with Gasteiger partial charge in [-0.05, 0) is 49.7 Å². The van der Waals surface area contributed by atoms with Gasteiger partial charge in [0.25, 0.3) is 0 Å². The van der Waals surface area contributed by atoms with Crippen LogP contribution >= 0.6 is 11.3 Å². The maximum Gasteiger partial charge on any atom is 0.211 e. The Bertz CT molecular complexity index is 492. The first kappa shape index (κ1) is 16.9. The van der Waals surface area contributed by atoms with E-state index in [1.54, 1.807) is 11.3 Å². The molecule has 0 unspecified atom stereocenters. The first-order valence-corrected chi connectivity index (χ1v) is 10.3. The van der Waals surface area contributed by atoms with E-state index in [2.05, 4.69) is 27.1 Å². The molecule has 0 bridgehead atoms. The third-order valence-electron chi connectivity index (χ3n) is 4.03. The summed E-state index contributed by atoms with van der Waals surface area (Å²) in [5.41, 5.74) is 0. The Labute approximate surface area is 132 Å². The molecule has 0 aliphatic carbocycles. The molecule has 0 atom stereocenters. The zero-order valence-corrected chi connectivity index (χ0v) is 14.4. The number of hydrogen-bond donors (Lipinski definition) is 1. The minimum Gasteiger partial charge on any atom is -0.298 e. The quantitative estimate of drug-likeness (QED) is 0.797. The molecule has 120 valence electrons. The smallest absolute Gasteiger partial charge is 0.211 e. The SMILES string of the molecule is CCCCS(=O)(=O)NCC1CCN(Cc2cccs2)CC1. The van der Waals surface area contributed by atoms with Gasteiger partial charge in [0, 0.05) is 18.0 Å². The fourth-order valence-corrected chi connectivity index (χ4v) is 4.67. The highest BCUT2D eigenvalue weighted by Crippen LogP contribution is 2.20. The molecule has 1 aliphatic rings. The maximum atomic E-state index is 11.8. The van der Waals surface area contributed by atoms with E-state index in [1.165, 1.54) is 4.88 Å². The van der Waals surface area contributed by atoms with Crippen molar-refractivity contribution >= 4 is 21.4 Å². The summed E-state index contributed by atoms with van der Waals surface area (Å²) in [5, 5.41) is 2.12. The average Bonchev–Trinajstić information content (AvgIpc) is 2.98. The number of likely N-dealkylation sites (tertiary alicyclic amines) is 1. The Morgan fingerprint density at radius 1 is 1.38 bits per heavy atom. The Morgan fingerprint density at radius 3 is 2.76 bits per heavy atom. The number of piperidine rings is 1. The summed E-state index contributed by atoms with van der Waals surface area (Å²) in [6.07, 6.45) is 3.83. The Hall–Kier alpha value is -0.430. The number of rotatable bonds is 8. The number of hydrogen-bond acceptors (Lipinski definition) is 4. The van der Waals surface area contributed by atoms with Gasteiger partial charge in [0.05, 0.1) is 5.75 Å². The largest absolute Gasteiger partial charge is 0.298 e. The second kappa shape index (κ2) is 8.27. The summed E-state index contributed by atoms with van der Waals surface area (Å²) in [4.78, 5) is 3.88. The topological polar surface area (TPSA) is 49.4 Å². The number of nitrogens with one attached hydrogen (secondary N) is 1. The normalized spacial score (nSPS) is 18.1. The third-order valence-corrected chi connectivity index (χ3v) is 6.32. The summed E-state index contributed by atoms with van der Waals surface area (Å²) < 4.78 is 26.4. The number of unbranched alkanes of at least 4 members (excludes halogenated alkanes) is 1. The first-order valence-electron chi connectivity index (χ1n) is 7.81. The summed E-state index contributed by atoms with van der Waals surface area (Å²) in [6, 6.07) is 4.27. The van der Waals surface area contributed by atoms with Crippen LogP contribution in [0.4, 0.5) is 0 Å². The maximum absolute atomic E-state index is 11.8. The van der Waals surface area contributed by atoms with E-state index >= 15 is 0 Å². The molecule has 0 amide bonds. The Kier molecular flexibility index (Phi) is 6.67. The van der Waals surface area contributed by atoms with Crippen LogP contribution in [-0.4, -0.2) is 38.7 Å². The lowest BCUT2D eigenvalue weighted by molar-refractivity contribution is 0.180. The van der Waals surface area contributed by atoms with Gasteiger partial charge < -0.3 is 0 Å². The van der Waals surface area contributed by atoms with Crippen LogP contribution in [0.5, 0.6) is 0 Å². The van der Waals surface area contributed by atoms with E-state index < -0.39 is 10.0 Å². The minimum atomic E-state index is -3.06. The summed E-state index contributed by atoms with van der Waals surface area (Å²) in [7, 11) is -3.06. The summed E-state index contributed by atoms with van der Waals surface area (Å²) in [5.74, 6) is 0.752. The van der Waals surface area contributed by atoms with Gasteiger partial charge in [-0.2, -0.15) is 0 Å². The molecule has 1 N–H and O–H groups in total. The molecule has 0 spiro atoms. The summed E-state index contributed by atoms with van der Waals surface area (Å²) in [6.45, 7) is 5.79. The molecule has 1 aromatic rings. The molecule has 0 radical (unpaired) electrons. The van der Waals surface area contributed by atoms with Crippen molar-refractivity contribution in [3.63, 3.8) is 0 Å². The van der Waals surface area contributed by atoms with Crippen molar-refractivity contribution < 1.29 is 8.42 Å². The van der Waals surface area contributed by atoms with Gasteiger partial charge in [-0.15, -0.1) is 11.3 Å². The van der Waals surface area contributed by atoms with Gasteiger partial charge >= 0.3 is 0 Å². The molecule has 1 aliphatic heterocycles. The van der Waals surface area contributed by atoms with E-state index in [9.17, 15) is 8.42 Å². The number of thiophene rings is 1. The van der Waals surface area contributed by atoms with Crippen LogP contribution in [0.15, 0.2) is 17.5 Å². The lowest BCUT2D eigenvalue weighted by atomic mass is 9.97. The van der Waals surface area contributed by atoms with Crippen molar-refractivity contribution in [3.8, 4) is 0 Å². The van der Waals surface area contributed by atoms with Crippen LogP contribution in [-0.2, 0) is 16.6 Å². The van der Waals surface area contributed by atoms with Crippen molar-refractivity contribution in [2.45, 2.75) is 39.2 Å². The van der Waals surface area contributed by atoms with Gasteiger partial charge in [-0.25, -0.2) is 13.1 Å². The number of sulfonamides is 1. The van der Waals surface area contributed by atoms with Gasteiger partial charge in [0.2, 0.25) is 10.0 Å². The second-order valence-corrected chi connectivity index (χ2v) is 8.78. The van der Waals surface area contributed by atoms with E-state index in [4.69, 9.17) is 0 Å². The van der Waals surface area contributed by atoms with Crippen molar-refractivity contribution in [3.05, 3.63) is 22.4 Å². The first-order chi connectivity index (χ1) is 10.1. The zero-order chi connectivity index (χ0) is 15.1. The molecule has 0 aromatic carbocycles. The molecule has 1 fully saturated rings. The van der Waals surface area contributed by atoms with Crippen molar-refractivity contribution in [2.75, 3.05) is 25.4 Å². The molecule has 21 heavy (non-hydrogen) atoms. The minimum absolute atomic E-state index is 0.265. The number of nitrogens with zero attached hydrogens (tertiary/aromatic N) is 1. The van der Waals surface area contributed by atoms with Crippen LogP contribution in [0.1, 0.15) is 37.5 Å². The lowest BCUT2D eigenvalue weighted by Gasteiger charge is -2.31. The predicted molar refractivity (Wildman–Crippen MR) is 89.0 cm³/mol. The zero-order valence-electron chi connectivity index (χ0n) is 12.8. The molecule has 1 saturated heterocycles. The second-order valence-electron chi connectivity index (χ2n) is 5.82. The molecule has 0 saturated carbocycles. The van der Waals surface area contributed by atoms with Crippen LogP contribution in [0, 0.1) is 5.92 Å². The predicted octanol–water partition coefficient (Wildman–Crippen LogP) is 2.68. The molecule has 4 nitrogen and oxygen atoms in total. The molecule has 1 aromatic heterocycles. The van der Waals surface area contributed by atoms with Crippen molar-refractivity contribution in [2.24, 2.45) is 5.92 Å². The Morgan fingerprint density at radius 2 is 2.14 bits per heavy atom. The molecule has 2 heterocycles. The highest BCUT2D eigenvalue weighted by molar-refractivity contribution is 7.89. The average molecular weight is 331 g/mol. The van der Waals surface area contributed by atoms with E-state index in [0.29, 0.717) is 12.5 Å². The van der Waals surface area contributed by atoms with Crippen molar-refractivity contribution in [1.82, 2.24) is 9.62 Å². The van der Waals surface area contributed by atoms with E-state index in [1.807, 2.05) is 6.92 Å². The van der Waals surface area contributed by atoms with Crippen LogP contribution in [0.25, 0.3) is 0 Å². The highest BCUT2D eigenvalue weighted by Gasteiger charge is 2.21. The Balaban J connectivity index is 1.67. The van der Waals surface area contributed by atoms with E-state index in [0.717, 1.165) is 45.3 Å². The molecule has 6 heteroatoms. The van der Waals surface area contributed by atoms with Crippen LogP contribution in [0.3, 0.4) is 0 Å². The van der Waals surface area contributed by atoms with Gasteiger partial charge in [-0.3, -0.25) is 4.90 Å². The molecular formula is C15H26N2O2S2. The highest BCUT2D eigenvalue weighted by atomic mass is 32.2. The van der Waals surface area contributed by atoms with Gasteiger partial charge in [0.15, 0.2) is 0 Å². The van der Waals surface area contributed by atoms with Crippen molar-refractivity contribution in [1.29, 1.82) is 0 Å². The monoisotopic (exact) mass is 330 g/mol. The van der Waals surface area contributed by atoms with Gasteiger partial charge in [-0.1, -0.05) is 19.4 Å². The lowest BCUT2D eigenvalue weighted by Crippen LogP contribution is -2.38. The third kappa shape index (κ3) is 6.06. The fourth-order valence-electron chi connectivity index (χ4n) is 2.62. The molecule has 2 rings (SSSR count). The molecular weight excluding hydrogens is 304 g/mol. The van der Waals surface area contributed by atoms with Crippen LogP contribution in [0.2, 0.25) is 0 Å².